The largest absolute Gasteiger partial charge is 0.299 e. The van der Waals surface area contributed by atoms with Crippen LogP contribution in [0.4, 0.5) is 0 Å². The highest BCUT2D eigenvalue weighted by Crippen LogP contribution is 2.31. The van der Waals surface area contributed by atoms with E-state index in [0.29, 0.717) is 35.0 Å². The molecule has 24 heavy (non-hydrogen) atoms. The lowest BCUT2D eigenvalue weighted by atomic mass is 10.1. The zero-order valence-electron chi connectivity index (χ0n) is 13.2. The van der Waals surface area contributed by atoms with E-state index >= 15 is 0 Å². The van der Waals surface area contributed by atoms with Crippen molar-refractivity contribution in [2.45, 2.75) is 26.2 Å². The third-order valence-electron chi connectivity index (χ3n) is 4.14. The third kappa shape index (κ3) is 2.65. The number of carbonyl (C=O) groups excluding carboxylic acids is 1. The molecule has 3 aromatic rings. The number of benzene rings is 1. The first-order chi connectivity index (χ1) is 11.6. The number of hydrogen-bond acceptors (Lipinski definition) is 5. The summed E-state index contributed by atoms with van der Waals surface area (Å²) in [5.41, 5.74) is 2.82. The molecule has 0 bridgehead atoms. The van der Waals surface area contributed by atoms with Crippen LogP contribution in [0.2, 0.25) is 0 Å². The molecule has 0 atom stereocenters. The lowest BCUT2D eigenvalue weighted by Crippen LogP contribution is -2.09. The molecule has 6 nitrogen and oxygen atoms in total. The molecule has 6 heteroatoms. The third-order valence-corrected chi connectivity index (χ3v) is 4.14. The Hall–Kier alpha value is -3.07. The van der Waals surface area contributed by atoms with Gasteiger partial charge in [-0.2, -0.15) is 9.78 Å². The molecule has 1 aromatic carbocycles. The van der Waals surface area contributed by atoms with Crippen LogP contribution in [-0.2, 0) is 11.2 Å². The molecule has 2 aromatic heterocycles. The molecule has 1 fully saturated rings. The van der Waals surface area contributed by atoms with Gasteiger partial charge in [0.15, 0.2) is 11.5 Å². The minimum Gasteiger partial charge on any atom is -0.299 e. The fourth-order valence-corrected chi connectivity index (χ4v) is 2.74. The van der Waals surface area contributed by atoms with Crippen molar-refractivity contribution in [2.24, 2.45) is 5.92 Å². The van der Waals surface area contributed by atoms with E-state index in [1.54, 1.807) is 16.6 Å². The van der Waals surface area contributed by atoms with Gasteiger partial charge >= 0.3 is 0 Å². The van der Waals surface area contributed by atoms with Gasteiger partial charge in [0.2, 0.25) is 0 Å². The van der Waals surface area contributed by atoms with Gasteiger partial charge in [-0.15, -0.1) is 5.10 Å². The van der Waals surface area contributed by atoms with E-state index in [-0.39, 0.29) is 11.7 Å². The summed E-state index contributed by atoms with van der Waals surface area (Å²) in [5, 5.41) is 13.3. The van der Waals surface area contributed by atoms with Gasteiger partial charge in [0.1, 0.15) is 11.6 Å². The smallest absolute Gasteiger partial charge is 0.163 e. The maximum absolute atomic E-state index is 12.1. The minimum absolute atomic E-state index is 0.209. The van der Waals surface area contributed by atoms with Crippen LogP contribution < -0.4 is 0 Å². The first-order valence-electron chi connectivity index (χ1n) is 7.90. The van der Waals surface area contributed by atoms with Crippen molar-refractivity contribution in [1.82, 2.24) is 19.6 Å². The number of Topliss-reactive ketones (excluding diaryl/α,β-unsaturated/α-hetero) is 1. The fraction of sp³-hybridized carbons (Fsp3) is 0.278. The van der Waals surface area contributed by atoms with E-state index in [1.807, 2.05) is 25.1 Å². The second-order valence-corrected chi connectivity index (χ2v) is 6.11. The van der Waals surface area contributed by atoms with Crippen molar-refractivity contribution in [3.8, 4) is 17.5 Å². The average molecular weight is 317 g/mol. The maximum atomic E-state index is 12.1. The fourth-order valence-electron chi connectivity index (χ4n) is 2.74. The van der Waals surface area contributed by atoms with Gasteiger partial charge in [0.25, 0.3) is 0 Å². The minimum atomic E-state index is 0.209. The molecule has 0 spiro atoms. The molecule has 1 aliphatic carbocycles. The first kappa shape index (κ1) is 14.5. The number of hydrogen-bond donors (Lipinski definition) is 0. The van der Waals surface area contributed by atoms with Crippen LogP contribution >= 0.6 is 0 Å². The Kier molecular flexibility index (Phi) is 3.35. The van der Waals surface area contributed by atoms with Crippen LogP contribution in [0.1, 0.15) is 29.9 Å². The van der Waals surface area contributed by atoms with Crippen LogP contribution in [-0.4, -0.2) is 25.4 Å². The molecular weight excluding hydrogens is 302 g/mol. The molecule has 4 rings (SSSR count). The van der Waals surface area contributed by atoms with E-state index in [0.717, 1.165) is 18.4 Å². The van der Waals surface area contributed by atoms with E-state index in [2.05, 4.69) is 21.1 Å². The standard InChI is InChI=1S/C18H15N5O/c1-11-20-17-9-15(8-16(24)13-6-7-13)21-18(23(17)22-11)14-4-2-12(10-19)3-5-14/h2-5,9,13H,6-8H2,1H3. The van der Waals surface area contributed by atoms with Crippen LogP contribution in [0.3, 0.4) is 0 Å². The van der Waals surface area contributed by atoms with Gasteiger partial charge in [-0.3, -0.25) is 4.79 Å². The lowest BCUT2D eigenvalue weighted by molar-refractivity contribution is -0.119. The van der Waals surface area contributed by atoms with Gasteiger partial charge in [0, 0.05) is 24.0 Å². The molecule has 1 saturated carbocycles. The maximum Gasteiger partial charge on any atom is 0.163 e. The Labute approximate surface area is 138 Å². The monoisotopic (exact) mass is 317 g/mol. The summed E-state index contributed by atoms with van der Waals surface area (Å²) in [6, 6.07) is 11.1. The van der Waals surface area contributed by atoms with Gasteiger partial charge in [0.05, 0.1) is 17.3 Å². The van der Waals surface area contributed by atoms with Crippen molar-refractivity contribution in [3.05, 3.63) is 47.4 Å². The average Bonchev–Trinajstić information content (AvgIpc) is 3.36. The normalized spacial score (nSPS) is 13.8. The summed E-state index contributed by atoms with van der Waals surface area (Å²) in [7, 11) is 0. The van der Waals surface area contributed by atoms with Crippen molar-refractivity contribution < 1.29 is 4.79 Å². The highest BCUT2D eigenvalue weighted by molar-refractivity contribution is 5.85. The van der Waals surface area contributed by atoms with Gasteiger partial charge in [-0.05, 0) is 44.0 Å². The first-order valence-corrected chi connectivity index (χ1v) is 7.90. The number of nitrogens with zero attached hydrogens (tertiary/aromatic N) is 5. The number of nitriles is 1. The SMILES string of the molecule is Cc1nc2cc(CC(=O)C3CC3)nc(-c3ccc(C#N)cc3)n2n1. The van der Waals surface area contributed by atoms with Crippen LogP contribution in [0.15, 0.2) is 30.3 Å². The zero-order chi connectivity index (χ0) is 16.7. The van der Waals surface area contributed by atoms with Gasteiger partial charge in [-0.25, -0.2) is 9.97 Å². The Morgan fingerprint density at radius 2 is 2.04 bits per heavy atom. The molecule has 0 N–H and O–H groups in total. The van der Waals surface area contributed by atoms with Gasteiger partial charge < -0.3 is 0 Å². The molecule has 0 saturated heterocycles. The van der Waals surface area contributed by atoms with Crippen molar-refractivity contribution in [1.29, 1.82) is 5.26 Å². The van der Waals surface area contributed by atoms with E-state index in [4.69, 9.17) is 5.26 Å². The second kappa shape index (κ2) is 5.53. The predicted octanol–water partition coefficient (Wildman–Crippen LogP) is 2.49. The topological polar surface area (TPSA) is 83.9 Å². The number of fused-ring (bicyclic) bond motifs is 1. The molecule has 0 aliphatic heterocycles. The number of carbonyl (C=O) groups is 1. The predicted molar refractivity (Wildman–Crippen MR) is 87.1 cm³/mol. The summed E-state index contributed by atoms with van der Waals surface area (Å²) in [6.07, 6.45) is 2.32. The highest BCUT2D eigenvalue weighted by Gasteiger charge is 2.29. The molecule has 0 amide bonds. The Bertz CT molecular complexity index is 977. The number of ketones is 1. The van der Waals surface area contributed by atoms with Crippen LogP contribution in [0, 0.1) is 24.2 Å². The molecule has 118 valence electrons. The summed E-state index contributed by atoms with van der Waals surface area (Å²) in [5.74, 6) is 1.74. The number of aryl methyl sites for hydroxylation is 1. The molecule has 0 unspecified atom stereocenters. The second-order valence-electron chi connectivity index (χ2n) is 6.11. The molecule has 1 aliphatic rings. The summed E-state index contributed by atoms with van der Waals surface area (Å²) in [4.78, 5) is 21.2. The molecular formula is C18H15N5O. The van der Waals surface area contributed by atoms with E-state index < -0.39 is 0 Å². The summed E-state index contributed by atoms with van der Waals surface area (Å²) < 4.78 is 1.68. The van der Waals surface area contributed by atoms with Crippen LogP contribution in [0.5, 0.6) is 0 Å². The molecule has 0 radical (unpaired) electrons. The Morgan fingerprint density at radius 3 is 2.71 bits per heavy atom. The highest BCUT2D eigenvalue weighted by atomic mass is 16.1. The summed E-state index contributed by atoms with van der Waals surface area (Å²) in [6.45, 7) is 1.82. The Balaban J connectivity index is 1.81. The quantitative estimate of drug-likeness (QED) is 0.738. The van der Waals surface area contributed by atoms with E-state index in [1.165, 1.54) is 0 Å². The van der Waals surface area contributed by atoms with Crippen molar-refractivity contribution >= 4 is 11.4 Å². The Morgan fingerprint density at radius 1 is 1.29 bits per heavy atom. The van der Waals surface area contributed by atoms with Crippen molar-refractivity contribution in [3.63, 3.8) is 0 Å². The number of aromatic nitrogens is 4. The summed E-state index contributed by atoms with van der Waals surface area (Å²) >= 11 is 0. The van der Waals surface area contributed by atoms with Crippen molar-refractivity contribution in [2.75, 3.05) is 0 Å². The van der Waals surface area contributed by atoms with E-state index in [9.17, 15) is 4.79 Å². The van der Waals surface area contributed by atoms with Crippen LogP contribution in [0.25, 0.3) is 17.0 Å². The number of rotatable bonds is 4. The zero-order valence-corrected chi connectivity index (χ0v) is 13.2. The lowest BCUT2D eigenvalue weighted by Gasteiger charge is -2.07. The van der Waals surface area contributed by atoms with Gasteiger partial charge in [-0.1, -0.05) is 0 Å². The molecule has 2 heterocycles.